The van der Waals surface area contributed by atoms with Gasteiger partial charge in [-0.05, 0) is 20.3 Å². The summed E-state index contributed by atoms with van der Waals surface area (Å²) in [5.41, 5.74) is -1.03. The summed E-state index contributed by atoms with van der Waals surface area (Å²) in [5.74, 6) is -0.923. The first kappa shape index (κ1) is 16.4. The van der Waals surface area contributed by atoms with Crippen molar-refractivity contribution in [2.75, 3.05) is 0 Å². The third kappa shape index (κ3) is 6.67. The molecule has 3 nitrogen and oxygen atoms in total. The normalized spacial score (nSPS) is 13.6. The molecule has 0 aromatic rings. The van der Waals surface area contributed by atoms with E-state index in [1.165, 1.54) is 32.1 Å². The van der Waals surface area contributed by atoms with E-state index in [0.717, 1.165) is 12.8 Å². The van der Waals surface area contributed by atoms with Gasteiger partial charge in [-0.3, -0.25) is 4.79 Å². The average molecular weight is 244 g/mol. The second kappa shape index (κ2) is 8.51. The molecule has 0 rings (SSSR count). The van der Waals surface area contributed by atoms with E-state index < -0.39 is 17.5 Å². The van der Waals surface area contributed by atoms with Gasteiger partial charge in [0.2, 0.25) is 0 Å². The Morgan fingerprint density at radius 1 is 1.06 bits per heavy atom. The van der Waals surface area contributed by atoms with Gasteiger partial charge in [0.1, 0.15) is 0 Å². The summed E-state index contributed by atoms with van der Waals surface area (Å²) < 4.78 is 0. The summed E-state index contributed by atoms with van der Waals surface area (Å²) in [6, 6.07) is 0. The molecular weight excluding hydrogens is 216 g/mol. The van der Waals surface area contributed by atoms with Crippen molar-refractivity contribution in [3.05, 3.63) is 0 Å². The van der Waals surface area contributed by atoms with E-state index in [1.807, 2.05) is 0 Å². The molecule has 0 saturated carbocycles. The van der Waals surface area contributed by atoms with Crippen LogP contribution in [0.4, 0.5) is 0 Å². The van der Waals surface area contributed by atoms with Crippen LogP contribution in [0.1, 0.15) is 72.1 Å². The summed E-state index contributed by atoms with van der Waals surface area (Å²) in [6.07, 6.45) is 8.16. The standard InChI is InChI=1S/C14H28O3/c1-4-5-6-7-8-9-10-11-12(15)14(2,3)13(16)17/h12,15H,4-11H2,1-3H3,(H,16,17). The molecule has 0 aromatic heterocycles. The molecule has 0 fully saturated rings. The topological polar surface area (TPSA) is 57.5 Å². The van der Waals surface area contributed by atoms with Gasteiger partial charge in [0.05, 0.1) is 11.5 Å². The third-order valence-electron chi connectivity index (χ3n) is 3.47. The Bertz CT molecular complexity index is 212. The molecule has 0 heterocycles. The van der Waals surface area contributed by atoms with Crippen LogP contribution in [-0.2, 0) is 4.79 Å². The molecule has 0 aromatic carbocycles. The molecule has 0 spiro atoms. The molecule has 1 atom stereocenters. The summed E-state index contributed by atoms with van der Waals surface area (Å²) in [6.45, 7) is 5.37. The van der Waals surface area contributed by atoms with Gasteiger partial charge in [0.25, 0.3) is 0 Å². The van der Waals surface area contributed by atoms with Crippen LogP contribution in [0.3, 0.4) is 0 Å². The van der Waals surface area contributed by atoms with Gasteiger partial charge < -0.3 is 10.2 Å². The second-order valence-corrected chi connectivity index (χ2v) is 5.45. The molecule has 102 valence electrons. The minimum absolute atomic E-state index is 0.590. The third-order valence-corrected chi connectivity index (χ3v) is 3.47. The lowest BCUT2D eigenvalue weighted by molar-refractivity contribution is -0.153. The molecule has 0 aliphatic rings. The fourth-order valence-electron chi connectivity index (χ4n) is 1.80. The Morgan fingerprint density at radius 2 is 1.53 bits per heavy atom. The Kier molecular flexibility index (Phi) is 8.23. The van der Waals surface area contributed by atoms with Crippen molar-refractivity contribution in [3.8, 4) is 0 Å². The van der Waals surface area contributed by atoms with Crippen molar-refractivity contribution >= 4 is 5.97 Å². The number of unbranched alkanes of at least 4 members (excludes halogenated alkanes) is 6. The van der Waals surface area contributed by atoms with E-state index in [4.69, 9.17) is 5.11 Å². The van der Waals surface area contributed by atoms with Crippen molar-refractivity contribution in [1.82, 2.24) is 0 Å². The monoisotopic (exact) mass is 244 g/mol. The Hall–Kier alpha value is -0.570. The quantitative estimate of drug-likeness (QED) is 0.577. The summed E-state index contributed by atoms with van der Waals surface area (Å²) in [4.78, 5) is 10.9. The first-order valence-electron chi connectivity index (χ1n) is 6.84. The van der Waals surface area contributed by atoms with Crippen LogP contribution >= 0.6 is 0 Å². The first-order chi connectivity index (χ1) is 7.92. The molecule has 0 amide bonds. The van der Waals surface area contributed by atoms with Crippen LogP contribution in [0.5, 0.6) is 0 Å². The predicted octanol–water partition coefficient (Wildman–Crippen LogP) is 3.60. The van der Waals surface area contributed by atoms with Crippen LogP contribution < -0.4 is 0 Å². The van der Waals surface area contributed by atoms with Gasteiger partial charge in [0.15, 0.2) is 0 Å². The van der Waals surface area contributed by atoms with Gasteiger partial charge >= 0.3 is 5.97 Å². The minimum Gasteiger partial charge on any atom is -0.481 e. The molecule has 0 saturated heterocycles. The van der Waals surface area contributed by atoms with E-state index in [-0.39, 0.29) is 0 Å². The fraction of sp³-hybridized carbons (Fsp3) is 0.929. The van der Waals surface area contributed by atoms with E-state index >= 15 is 0 Å². The highest BCUT2D eigenvalue weighted by molar-refractivity contribution is 5.74. The van der Waals surface area contributed by atoms with Gasteiger partial charge in [-0.15, -0.1) is 0 Å². The first-order valence-corrected chi connectivity index (χ1v) is 6.84. The lowest BCUT2D eigenvalue weighted by Gasteiger charge is -2.25. The number of rotatable bonds is 10. The average Bonchev–Trinajstić information content (AvgIpc) is 2.27. The number of carboxylic acid groups (broad SMARTS) is 1. The van der Waals surface area contributed by atoms with Crippen molar-refractivity contribution in [3.63, 3.8) is 0 Å². The maximum atomic E-state index is 10.9. The van der Waals surface area contributed by atoms with Crippen molar-refractivity contribution in [2.24, 2.45) is 5.41 Å². The van der Waals surface area contributed by atoms with Gasteiger partial charge in [-0.1, -0.05) is 51.9 Å². The Labute approximate surface area is 105 Å². The lowest BCUT2D eigenvalue weighted by atomic mass is 9.84. The number of aliphatic hydroxyl groups is 1. The zero-order chi connectivity index (χ0) is 13.3. The highest BCUT2D eigenvalue weighted by Gasteiger charge is 2.34. The summed E-state index contributed by atoms with van der Waals surface area (Å²) in [7, 11) is 0. The van der Waals surface area contributed by atoms with Crippen molar-refractivity contribution in [2.45, 2.75) is 78.2 Å². The zero-order valence-electron chi connectivity index (χ0n) is 11.5. The van der Waals surface area contributed by atoms with Crippen LogP contribution in [0.25, 0.3) is 0 Å². The fourth-order valence-corrected chi connectivity index (χ4v) is 1.80. The molecule has 0 aliphatic heterocycles. The van der Waals surface area contributed by atoms with Crippen molar-refractivity contribution < 1.29 is 15.0 Å². The zero-order valence-corrected chi connectivity index (χ0v) is 11.5. The smallest absolute Gasteiger partial charge is 0.311 e. The van der Waals surface area contributed by atoms with Gasteiger partial charge in [-0.25, -0.2) is 0 Å². The molecule has 0 aliphatic carbocycles. The maximum Gasteiger partial charge on any atom is 0.311 e. The number of carbonyl (C=O) groups is 1. The van der Waals surface area contributed by atoms with Crippen LogP contribution in [0.15, 0.2) is 0 Å². The predicted molar refractivity (Wildman–Crippen MR) is 70.0 cm³/mol. The molecule has 0 radical (unpaired) electrons. The van der Waals surface area contributed by atoms with Crippen LogP contribution in [-0.4, -0.2) is 22.3 Å². The molecule has 0 bridgehead atoms. The molecule has 3 heteroatoms. The van der Waals surface area contributed by atoms with Crippen LogP contribution in [0.2, 0.25) is 0 Å². The lowest BCUT2D eigenvalue weighted by Crippen LogP contribution is -2.36. The van der Waals surface area contributed by atoms with Crippen LogP contribution in [0, 0.1) is 5.41 Å². The number of hydrogen-bond donors (Lipinski definition) is 2. The maximum absolute atomic E-state index is 10.9. The number of aliphatic carboxylic acids is 1. The molecular formula is C14H28O3. The SMILES string of the molecule is CCCCCCCCCC(O)C(C)(C)C(=O)O. The largest absolute Gasteiger partial charge is 0.481 e. The van der Waals surface area contributed by atoms with E-state index in [9.17, 15) is 9.90 Å². The second-order valence-electron chi connectivity index (χ2n) is 5.45. The Morgan fingerprint density at radius 3 is 2.00 bits per heavy atom. The number of aliphatic hydroxyl groups excluding tert-OH is 1. The highest BCUT2D eigenvalue weighted by atomic mass is 16.4. The summed E-state index contributed by atoms with van der Waals surface area (Å²) in [5, 5.41) is 18.8. The molecule has 17 heavy (non-hydrogen) atoms. The Balaban J connectivity index is 3.58. The van der Waals surface area contributed by atoms with E-state index in [2.05, 4.69) is 6.92 Å². The minimum atomic E-state index is -1.03. The summed E-state index contributed by atoms with van der Waals surface area (Å²) >= 11 is 0. The van der Waals surface area contributed by atoms with E-state index in [0.29, 0.717) is 6.42 Å². The van der Waals surface area contributed by atoms with Gasteiger partial charge in [0, 0.05) is 0 Å². The van der Waals surface area contributed by atoms with Gasteiger partial charge in [-0.2, -0.15) is 0 Å². The molecule has 1 unspecified atom stereocenters. The van der Waals surface area contributed by atoms with E-state index in [1.54, 1.807) is 13.8 Å². The number of carboxylic acids is 1. The molecule has 2 N–H and O–H groups in total. The number of hydrogen-bond acceptors (Lipinski definition) is 2. The highest BCUT2D eigenvalue weighted by Crippen LogP contribution is 2.25. The van der Waals surface area contributed by atoms with Crippen molar-refractivity contribution in [1.29, 1.82) is 0 Å².